The molecular formula is C20H24F3N3O2. The first-order chi connectivity index (χ1) is 13.1. The largest absolute Gasteiger partial charge is 0.465 e. The molecule has 152 valence electrons. The molecule has 0 saturated heterocycles. The molecule has 0 amide bonds. The van der Waals surface area contributed by atoms with Crippen molar-refractivity contribution in [3.05, 3.63) is 47.5 Å². The minimum atomic E-state index is -4.45. The zero-order valence-electron chi connectivity index (χ0n) is 16.4. The van der Waals surface area contributed by atoms with Crippen LogP contribution in [-0.2, 0) is 22.3 Å². The van der Waals surface area contributed by atoms with E-state index in [-0.39, 0.29) is 24.0 Å². The van der Waals surface area contributed by atoms with Gasteiger partial charge in [0, 0.05) is 26.2 Å². The van der Waals surface area contributed by atoms with Gasteiger partial charge in [-0.2, -0.15) is 13.2 Å². The van der Waals surface area contributed by atoms with Gasteiger partial charge in [-0.25, -0.2) is 4.98 Å². The van der Waals surface area contributed by atoms with Crippen molar-refractivity contribution in [1.29, 1.82) is 0 Å². The molecular weight excluding hydrogens is 371 g/mol. The van der Waals surface area contributed by atoms with Crippen molar-refractivity contribution in [3.63, 3.8) is 0 Å². The Kier molecular flexibility index (Phi) is 7.01. The van der Waals surface area contributed by atoms with E-state index >= 15 is 0 Å². The van der Waals surface area contributed by atoms with E-state index in [4.69, 9.17) is 4.74 Å². The summed E-state index contributed by atoms with van der Waals surface area (Å²) in [6.45, 7) is 2.76. The third kappa shape index (κ3) is 5.95. The highest BCUT2D eigenvalue weighted by atomic mass is 19.4. The van der Waals surface area contributed by atoms with Crippen LogP contribution in [0.2, 0.25) is 0 Å². The number of carbonyl (C=O) groups excluding carboxylic acids is 1. The Balaban J connectivity index is 2.21. The van der Waals surface area contributed by atoms with Crippen LogP contribution in [0.4, 0.5) is 19.0 Å². The second kappa shape index (κ2) is 9.05. The van der Waals surface area contributed by atoms with Gasteiger partial charge in [0.15, 0.2) is 0 Å². The molecule has 1 aromatic heterocycles. The summed E-state index contributed by atoms with van der Waals surface area (Å²) in [5, 5.41) is 0. The molecule has 0 aliphatic rings. The van der Waals surface area contributed by atoms with Gasteiger partial charge in [0.2, 0.25) is 0 Å². The quantitative estimate of drug-likeness (QED) is 0.667. The number of likely N-dealkylation sites (N-methyl/N-ethyl adjacent to an activating group) is 1. The number of nitrogens with zero attached hydrogens (tertiary/aromatic N) is 3. The van der Waals surface area contributed by atoms with Gasteiger partial charge in [0.05, 0.1) is 24.4 Å². The summed E-state index contributed by atoms with van der Waals surface area (Å²) in [6, 6.07) is 9.17. The van der Waals surface area contributed by atoms with Crippen LogP contribution in [0.5, 0.6) is 0 Å². The van der Waals surface area contributed by atoms with E-state index in [1.165, 1.54) is 4.90 Å². The van der Waals surface area contributed by atoms with Crippen LogP contribution in [-0.4, -0.2) is 50.1 Å². The molecule has 0 fully saturated rings. The van der Waals surface area contributed by atoms with Gasteiger partial charge in [0.1, 0.15) is 5.82 Å². The molecule has 5 nitrogen and oxygen atoms in total. The maximum Gasteiger partial charge on any atom is 0.416 e. The molecule has 0 N–H and O–H groups in total. The molecule has 2 rings (SSSR count). The van der Waals surface area contributed by atoms with Gasteiger partial charge in [0.25, 0.3) is 0 Å². The zero-order chi connectivity index (χ0) is 20.9. The predicted octanol–water partition coefficient (Wildman–Crippen LogP) is 3.83. The first-order valence-electron chi connectivity index (χ1n) is 8.80. The molecule has 0 aliphatic carbocycles. The molecule has 0 aliphatic heterocycles. The second-order valence-electron chi connectivity index (χ2n) is 6.67. The maximum absolute atomic E-state index is 13.2. The van der Waals surface area contributed by atoms with Gasteiger partial charge in [-0.05, 0) is 31.7 Å². The summed E-state index contributed by atoms with van der Waals surface area (Å²) in [5.74, 6) is -0.0610. The molecule has 0 bridgehead atoms. The molecule has 0 atom stereocenters. The average Bonchev–Trinajstić information content (AvgIpc) is 2.61. The lowest BCUT2D eigenvalue weighted by molar-refractivity contribution is -0.144. The first kappa shape index (κ1) is 21.7. The van der Waals surface area contributed by atoms with Crippen LogP contribution in [0.1, 0.15) is 18.1 Å². The highest BCUT2D eigenvalue weighted by molar-refractivity contribution is 5.71. The number of halogens is 3. The Bertz CT molecular complexity index is 805. The van der Waals surface area contributed by atoms with E-state index in [0.717, 1.165) is 17.7 Å². The first-order valence-corrected chi connectivity index (χ1v) is 8.80. The van der Waals surface area contributed by atoms with Crippen LogP contribution in [0.25, 0.3) is 11.3 Å². The van der Waals surface area contributed by atoms with Crippen molar-refractivity contribution in [2.24, 2.45) is 0 Å². The van der Waals surface area contributed by atoms with Crippen molar-refractivity contribution in [2.75, 3.05) is 39.2 Å². The maximum atomic E-state index is 13.2. The monoisotopic (exact) mass is 395 g/mol. The number of alkyl halides is 3. The zero-order valence-corrected chi connectivity index (χ0v) is 16.4. The number of aromatic nitrogens is 1. The number of hydrogen-bond acceptors (Lipinski definition) is 5. The minimum Gasteiger partial charge on any atom is -0.465 e. The summed E-state index contributed by atoms with van der Waals surface area (Å²) in [7, 11) is 5.09. The number of rotatable bonds is 7. The number of anilines is 1. The van der Waals surface area contributed by atoms with E-state index in [1.54, 1.807) is 45.1 Å². The van der Waals surface area contributed by atoms with E-state index in [0.29, 0.717) is 18.7 Å². The minimum absolute atomic E-state index is 0.164. The van der Waals surface area contributed by atoms with Crippen LogP contribution in [0.3, 0.4) is 0 Å². The molecule has 1 heterocycles. The van der Waals surface area contributed by atoms with Crippen LogP contribution in [0.15, 0.2) is 36.4 Å². The molecule has 0 spiro atoms. The van der Waals surface area contributed by atoms with Gasteiger partial charge < -0.3 is 9.64 Å². The second-order valence-corrected chi connectivity index (χ2v) is 6.67. The fourth-order valence-electron chi connectivity index (χ4n) is 2.63. The Morgan fingerprint density at radius 3 is 2.29 bits per heavy atom. The van der Waals surface area contributed by atoms with Crippen molar-refractivity contribution in [3.8, 4) is 11.3 Å². The number of ether oxygens (including phenoxy) is 1. The molecule has 0 radical (unpaired) electrons. The number of hydrogen-bond donors (Lipinski definition) is 0. The van der Waals surface area contributed by atoms with E-state index in [9.17, 15) is 18.0 Å². The van der Waals surface area contributed by atoms with Gasteiger partial charge in [-0.3, -0.25) is 9.69 Å². The van der Waals surface area contributed by atoms with Crippen LogP contribution >= 0.6 is 0 Å². The lowest BCUT2D eigenvalue weighted by Gasteiger charge is -2.17. The van der Waals surface area contributed by atoms with Crippen LogP contribution < -0.4 is 4.90 Å². The molecule has 0 saturated carbocycles. The fourth-order valence-corrected chi connectivity index (χ4v) is 2.63. The van der Waals surface area contributed by atoms with E-state index in [2.05, 4.69) is 4.98 Å². The molecule has 1 aromatic carbocycles. The van der Waals surface area contributed by atoms with Crippen molar-refractivity contribution in [2.45, 2.75) is 19.6 Å². The Labute approximate surface area is 162 Å². The number of carbonyl (C=O) groups is 1. The number of benzene rings is 1. The lowest BCUT2D eigenvalue weighted by Crippen LogP contribution is -2.26. The van der Waals surface area contributed by atoms with Crippen molar-refractivity contribution < 1.29 is 22.7 Å². The highest BCUT2D eigenvalue weighted by Crippen LogP contribution is 2.33. The normalized spacial score (nSPS) is 11.6. The molecule has 0 unspecified atom stereocenters. The van der Waals surface area contributed by atoms with Crippen LogP contribution in [0, 0.1) is 0 Å². The molecule has 8 heteroatoms. The van der Waals surface area contributed by atoms with Crippen molar-refractivity contribution in [1.82, 2.24) is 9.88 Å². The van der Waals surface area contributed by atoms with Gasteiger partial charge in [-0.15, -0.1) is 0 Å². The summed E-state index contributed by atoms with van der Waals surface area (Å²) < 4.78 is 44.5. The SMILES string of the molecule is CCOC(=O)CN(C)Cc1ccc(-c2cc(C(F)(F)F)cc(N(C)C)n2)cc1. The third-order valence-electron chi connectivity index (χ3n) is 4.00. The Morgan fingerprint density at radius 2 is 1.75 bits per heavy atom. The average molecular weight is 395 g/mol. The summed E-state index contributed by atoms with van der Waals surface area (Å²) in [4.78, 5) is 19.2. The lowest BCUT2D eigenvalue weighted by atomic mass is 10.1. The summed E-state index contributed by atoms with van der Waals surface area (Å²) >= 11 is 0. The van der Waals surface area contributed by atoms with Gasteiger partial charge in [-0.1, -0.05) is 24.3 Å². The van der Waals surface area contributed by atoms with Crippen molar-refractivity contribution >= 4 is 11.8 Å². The van der Waals surface area contributed by atoms with E-state index < -0.39 is 11.7 Å². The highest BCUT2D eigenvalue weighted by Gasteiger charge is 2.32. The number of pyridine rings is 1. The summed E-state index contributed by atoms with van der Waals surface area (Å²) in [5.41, 5.74) is 1.03. The third-order valence-corrected chi connectivity index (χ3v) is 4.00. The standard InChI is InChI=1S/C20H24F3N3O2/c1-5-28-19(27)13-26(4)12-14-6-8-15(9-7-14)17-10-16(20(21,22)23)11-18(24-17)25(2)3/h6-11H,5,12-13H2,1-4H3. The fraction of sp³-hybridized carbons (Fsp3) is 0.400. The summed E-state index contributed by atoms with van der Waals surface area (Å²) in [6.07, 6.45) is -4.45. The predicted molar refractivity (Wildman–Crippen MR) is 102 cm³/mol. The Morgan fingerprint density at radius 1 is 1.11 bits per heavy atom. The van der Waals surface area contributed by atoms with E-state index in [1.807, 2.05) is 12.1 Å². The Hall–Kier alpha value is -2.61. The molecule has 28 heavy (non-hydrogen) atoms. The number of esters is 1. The molecule has 2 aromatic rings. The van der Waals surface area contributed by atoms with Gasteiger partial charge >= 0.3 is 12.1 Å². The topological polar surface area (TPSA) is 45.7 Å². The smallest absolute Gasteiger partial charge is 0.416 e.